The first-order chi connectivity index (χ1) is 14.0. The number of anilines is 1. The lowest BCUT2D eigenvalue weighted by Gasteiger charge is -2.39. The molecule has 0 aromatic heterocycles. The number of amides is 1. The Morgan fingerprint density at radius 1 is 1.20 bits per heavy atom. The average molecular weight is 445 g/mol. The number of carbonyl (C=O) groups is 1. The van der Waals surface area contributed by atoms with Gasteiger partial charge in [-0.1, -0.05) is 58.6 Å². The molecule has 3 heterocycles. The second-order valence-electron chi connectivity index (χ2n) is 9.48. The maximum atomic E-state index is 12.2. The van der Waals surface area contributed by atoms with Crippen LogP contribution in [0.5, 0.6) is 11.5 Å². The van der Waals surface area contributed by atoms with Gasteiger partial charge in [0.25, 0.3) is 5.91 Å². The lowest BCUT2D eigenvalue weighted by atomic mass is 9.82. The third-order valence-electron chi connectivity index (χ3n) is 6.17. The fourth-order valence-corrected chi connectivity index (χ4v) is 5.02. The SMILES string of the molecule is CC(N1/C(=C/C=C2\SC(=S)NC2=O)C(C)(C)c2cc3c(cc21)OCCO3)C(C)(C)C. The molecule has 1 atom stereocenters. The highest BCUT2D eigenvalue weighted by atomic mass is 32.2. The molecule has 1 aromatic carbocycles. The molecule has 1 aromatic rings. The predicted octanol–water partition coefficient (Wildman–Crippen LogP) is 4.91. The summed E-state index contributed by atoms with van der Waals surface area (Å²) < 4.78 is 12.2. The highest BCUT2D eigenvalue weighted by Gasteiger charge is 2.45. The van der Waals surface area contributed by atoms with Crippen LogP contribution in [0.25, 0.3) is 0 Å². The zero-order chi connectivity index (χ0) is 21.8. The Hall–Kier alpha value is -1.99. The van der Waals surface area contributed by atoms with Crippen LogP contribution >= 0.6 is 24.0 Å². The van der Waals surface area contributed by atoms with Crippen molar-refractivity contribution in [2.45, 2.75) is 53.0 Å². The quantitative estimate of drug-likeness (QED) is 0.517. The van der Waals surface area contributed by atoms with Gasteiger partial charge in [-0.3, -0.25) is 4.79 Å². The van der Waals surface area contributed by atoms with Crippen molar-refractivity contribution in [3.63, 3.8) is 0 Å². The van der Waals surface area contributed by atoms with Gasteiger partial charge in [0.15, 0.2) is 11.5 Å². The summed E-state index contributed by atoms with van der Waals surface area (Å²) in [6.45, 7) is 14.5. The molecule has 5 nitrogen and oxygen atoms in total. The molecule has 1 unspecified atom stereocenters. The summed E-state index contributed by atoms with van der Waals surface area (Å²) in [4.78, 5) is 15.2. The van der Waals surface area contributed by atoms with E-state index in [1.54, 1.807) is 0 Å². The van der Waals surface area contributed by atoms with Crippen molar-refractivity contribution in [1.29, 1.82) is 0 Å². The monoisotopic (exact) mass is 444 g/mol. The van der Waals surface area contributed by atoms with E-state index in [1.165, 1.54) is 17.3 Å². The number of ether oxygens (including phenoxy) is 2. The molecular formula is C23H28N2O3S2. The van der Waals surface area contributed by atoms with Gasteiger partial charge in [-0.15, -0.1) is 0 Å². The first kappa shape index (κ1) is 21.2. The minimum Gasteiger partial charge on any atom is -0.486 e. The third kappa shape index (κ3) is 3.52. The fraction of sp³-hybridized carbons (Fsp3) is 0.478. The van der Waals surface area contributed by atoms with Crippen LogP contribution in [-0.4, -0.2) is 29.5 Å². The van der Waals surface area contributed by atoms with Crippen LogP contribution in [0.15, 0.2) is 34.9 Å². The molecule has 30 heavy (non-hydrogen) atoms. The van der Waals surface area contributed by atoms with Gasteiger partial charge in [0.1, 0.15) is 17.5 Å². The summed E-state index contributed by atoms with van der Waals surface area (Å²) >= 11 is 6.44. The highest BCUT2D eigenvalue weighted by Crippen LogP contribution is 2.54. The molecule has 1 N–H and O–H groups in total. The summed E-state index contributed by atoms with van der Waals surface area (Å²) in [5.41, 5.74) is 3.25. The van der Waals surface area contributed by atoms with E-state index in [0.29, 0.717) is 22.4 Å². The van der Waals surface area contributed by atoms with Crippen LogP contribution < -0.4 is 19.7 Å². The number of fused-ring (bicyclic) bond motifs is 2. The van der Waals surface area contributed by atoms with E-state index >= 15 is 0 Å². The highest BCUT2D eigenvalue weighted by molar-refractivity contribution is 8.26. The molecule has 3 aliphatic rings. The van der Waals surface area contributed by atoms with Crippen molar-refractivity contribution < 1.29 is 14.3 Å². The van der Waals surface area contributed by atoms with Crippen LogP contribution in [-0.2, 0) is 10.2 Å². The van der Waals surface area contributed by atoms with Crippen molar-refractivity contribution in [2.24, 2.45) is 5.41 Å². The molecule has 7 heteroatoms. The maximum Gasteiger partial charge on any atom is 0.263 e. The fourth-order valence-electron chi connectivity index (χ4n) is 4.03. The van der Waals surface area contributed by atoms with Crippen LogP contribution in [0.4, 0.5) is 5.69 Å². The van der Waals surface area contributed by atoms with Crippen LogP contribution in [0, 0.1) is 5.41 Å². The number of allylic oxidation sites excluding steroid dienone is 3. The first-order valence-corrected chi connectivity index (χ1v) is 11.4. The predicted molar refractivity (Wildman–Crippen MR) is 126 cm³/mol. The third-order valence-corrected chi connectivity index (χ3v) is 7.35. The van der Waals surface area contributed by atoms with Crippen molar-refractivity contribution in [3.8, 4) is 11.5 Å². The molecule has 0 radical (unpaired) electrons. The standard InChI is InChI=1S/C23H28N2O3S2/c1-13(22(2,3)4)25-15-12-17-16(27-9-10-28-17)11-14(15)23(5,6)19(25)8-7-18-20(26)24-21(29)30-18/h7-8,11-13H,9-10H2,1-6H3,(H,24,26,29)/b18-7-,19-8+. The zero-order valence-corrected chi connectivity index (χ0v) is 19.9. The molecule has 160 valence electrons. The van der Waals surface area contributed by atoms with Crippen molar-refractivity contribution in [2.75, 3.05) is 18.1 Å². The summed E-state index contributed by atoms with van der Waals surface area (Å²) in [5.74, 6) is 1.45. The molecule has 0 saturated carbocycles. The number of nitrogens with zero attached hydrogens (tertiary/aromatic N) is 1. The number of thiocarbonyl (C=S) groups is 1. The molecule has 0 bridgehead atoms. The molecular weight excluding hydrogens is 416 g/mol. The smallest absolute Gasteiger partial charge is 0.263 e. The minimum atomic E-state index is -0.262. The van der Waals surface area contributed by atoms with Gasteiger partial charge in [0, 0.05) is 28.9 Å². The molecule has 3 aliphatic heterocycles. The van der Waals surface area contributed by atoms with Crippen LogP contribution in [0.2, 0.25) is 0 Å². The van der Waals surface area contributed by atoms with Crippen molar-refractivity contribution in [3.05, 3.63) is 40.5 Å². The second-order valence-corrected chi connectivity index (χ2v) is 11.2. The molecule has 1 saturated heterocycles. The van der Waals surface area contributed by atoms with Gasteiger partial charge in [0.05, 0.1) is 4.91 Å². The Morgan fingerprint density at radius 2 is 1.83 bits per heavy atom. The van der Waals surface area contributed by atoms with E-state index < -0.39 is 0 Å². The lowest BCUT2D eigenvalue weighted by molar-refractivity contribution is -0.115. The summed E-state index contributed by atoms with van der Waals surface area (Å²) in [5, 5.41) is 2.69. The van der Waals surface area contributed by atoms with Gasteiger partial charge >= 0.3 is 0 Å². The van der Waals surface area contributed by atoms with Crippen LogP contribution in [0.1, 0.15) is 47.1 Å². The van der Waals surface area contributed by atoms with E-state index in [0.717, 1.165) is 22.9 Å². The number of carbonyl (C=O) groups excluding carboxylic acids is 1. The van der Waals surface area contributed by atoms with E-state index in [-0.39, 0.29) is 22.8 Å². The first-order valence-electron chi connectivity index (χ1n) is 10.2. The molecule has 0 spiro atoms. The van der Waals surface area contributed by atoms with Crippen molar-refractivity contribution in [1.82, 2.24) is 5.32 Å². The summed E-state index contributed by atoms with van der Waals surface area (Å²) in [7, 11) is 0. The number of hydrogen-bond acceptors (Lipinski definition) is 6. The van der Waals surface area contributed by atoms with Gasteiger partial charge in [-0.2, -0.15) is 0 Å². The van der Waals surface area contributed by atoms with Gasteiger partial charge in [-0.05, 0) is 36.1 Å². The Balaban J connectivity index is 1.87. The van der Waals surface area contributed by atoms with Gasteiger partial charge in [0.2, 0.25) is 0 Å². The Kier molecular flexibility index (Phi) is 5.18. The van der Waals surface area contributed by atoms with Crippen LogP contribution in [0.3, 0.4) is 0 Å². The Labute approximate surface area is 187 Å². The Bertz CT molecular complexity index is 989. The normalized spacial score (nSPS) is 23.7. The number of thioether (sulfide) groups is 1. The van der Waals surface area contributed by atoms with E-state index in [1.807, 2.05) is 6.08 Å². The topological polar surface area (TPSA) is 50.8 Å². The van der Waals surface area contributed by atoms with Gasteiger partial charge in [-0.25, -0.2) is 0 Å². The number of benzene rings is 1. The van der Waals surface area contributed by atoms with Gasteiger partial charge < -0.3 is 19.7 Å². The second kappa shape index (κ2) is 7.31. The van der Waals surface area contributed by atoms with E-state index in [4.69, 9.17) is 21.7 Å². The summed E-state index contributed by atoms with van der Waals surface area (Å²) in [6, 6.07) is 4.44. The number of hydrogen-bond donors (Lipinski definition) is 1. The van der Waals surface area contributed by atoms with Crippen molar-refractivity contribution >= 4 is 39.9 Å². The molecule has 0 aliphatic carbocycles. The summed E-state index contributed by atoms with van der Waals surface area (Å²) in [6.07, 6.45) is 3.95. The Morgan fingerprint density at radius 3 is 2.40 bits per heavy atom. The number of nitrogens with one attached hydrogen (secondary N) is 1. The maximum absolute atomic E-state index is 12.2. The molecule has 1 amide bonds. The minimum absolute atomic E-state index is 0.0399. The lowest BCUT2D eigenvalue weighted by Crippen LogP contribution is -2.41. The van der Waals surface area contributed by atoms with E-state index in [2.05, 4.69) is 70.0 Å². The zero-order valence-electron chi connectivity index (χ0n) is 18.3. The average Bonchev–Trinajstić information content (AvgIpc) is 3.09. The van der Waals surface area contributed by atoms with E-state index in [9.17, 15) is 4.79 Å². The number of rotatable bonds is 2. The molecule has 1 fully saturated rings. The molecule has 4 rings (SSSR count). The largest absolute Gasteiger partial charge is 0.486 e.